The number of nitrogens with two attached hydrogens (primary N) is 1. The first kappa shape index (κ1) is 10.8. The topological polar surface area (TPSA) is 43.3 Å². The number of hydrogen-bond donors (Lipinski definition) is 1. The first-order chi connectivity index (χ1) is 8.40. The summed E-state index contributed by atoms with van der Waals surface area (Å²) in [5.74, 6) is 1.90. The van der Waals surface area contributed by atoms with Crippen LogP contribution in [0.5, 0.6) is 0 Å². The van der Waals surface area contributed by atoms with E-state index >= 15 is 0 Å². The van der Waals surface area contributed by atoms with Gasteiger partial charge in [0.15, 0.2) is 0 Å². The van der Waals surface area contributed by atoms with E-state index in [9.17, 15) is 0 Å². The Morgan fingerprint density at radius 3 is 2.88 bits per heavy atom. The highest BCUT2D eigenvalue weighted by atomic mass is 15.0. The highest BCUT2D eigenvalue weighted by molar-refractivity contribution is 5.53. The van der Waals surface area contributed by atoms with Crippen LogP contribution in [0.1, 0.15) is 43.1 Å². The van der Waals surface area contributed by atoms with E-state index in [4.69, 9.17) is 10.7 Å². The molecule has 1 aliphatic rings. The molecule has 3 nitrogen and oxygen atoms in total. The van der Waals surface area contributed by atoms with Crippen LogP contribution in [0.2, 0.25) is 0 Å². The summed E-state index contributed by atoms with van der Waals surface area (Å²) < 4.78 is 2.26. The number of fused-ring (bicyclic) bond motifs is 1. The van der Waals surface area contributed by atoms with Gasteiger partial charge in [-0.25, -0.2) is 4.98 Å². The lowest BCUT2D eigenvalue weighted by Crippen LogP contribution is -2.03. The van der Waals surface area contributed by atoms with Crippen LogP contribution in [0.4, 0.5) is 0 Å². The first-order valence-electron chi connectivity index (χ1n) is 6.56. The quantitative estimate of drug-likeness (QED) is 0.878. The molecule has 0 spiro atoms. The van der Waals surface area contributed by atoms with E-state index in [-0.39, 0.29) is 0 Å². The highest BCUT2D eigenvalue weighted by Crippen LogP contribution is 2.34. The molecule has 0 bridgehead atoms. The van der Waals surface area contributed by atoms with Crippen molar-refractivity contribution in [3.8, 4) is 0 Å². The van der Waals surface area contributed by atoms with Crippen molar-refractivity contribution in [2.45, 2.75) is 38.0 Å². The van der Waals surface area contributed by atoms with Crippen LogP contribution < -0.4 is 5.73 Å². The molecule has 0 aromatic carbocycles. The molecule has 2 N–H and O–H groups in total. The van der Waals surface area contributed by atoms with Gasteiger partial charge in [0, 0.05) is 18.5 Å². The normalized spacial score (nSPS) is 17.0. The monoisotopic (exact) mass is 229 g/mol. The minimum Gasteiger partial charge on any atom is -0.330 e. The summed E-state index contributed by atoms with van der Waals surface area (Å²) in [6, 6.07) is 6.31. The zero-order valence-corrected chi connectivity index (χ0v) is 10.1. The van der Waals surface area contributed by atoms with Crippen molar-refractivity contribution in [1.29, 1.82) is 0 Å². The minimum atomic E-state index is 0.649. The third kappa shape index (κ3) is 1.84. The smallest absolute Gasteiger partial charge is 0.116 e. The van der Waals surface area contributed by atoms with Crippen LogP contribution in [-0.2, 0) is 6.42 Å². The average Bonchev–Trinajstić information content (AvgIpc) is 2.97. The van der Waals surface area contributed by atoms with E-state index in [1.54, 1.807) is 0 Å². The van der Waals surface area contributed by atoms with E-state index in [0.29, 0.717) is 12.5 Å². The third-order valence-corrected chi connectivity index (χ3v) is 3.75. The zero-order valence-electron chi connectivity index (χ0n) is 10.1. The number of nitrogens with zero attached hydrogens (tertiary/aromatic N) is 2. The van der Waals surface area contributed by atoms with Crippen molar-refractivity contribution < 1.29 is 0 Å². The summed E-state index contributed by atoms with van der Waals surface area (Å²) in [7, 11) is 0. The molecule has 90 valence electrons. The van der Waals surface area contributed by atoms with Crippen LogP contribution in [-0.4, -0.2) is 15.9 Å². The fourth-order valence-corrected chi connectivity index (χ4v) is 2.92. The van der Waals surface area contributed by atoms with Crippen LogP contribution in [0, 0.1) is 0 Å². The van der Waals surface area contributed by atoms with Gasteiger partial charge in [0.05, 0.1) is 11.2 Å². The lowest BCUT2D eigenvalue weighted by molar-refractivity contribution is 0.662. The van der Waals surface area contributed by atoms with Crippen LogP contribution in [0.3, 0.4) is 0 Å². The molecule has 0 unspecified atom stereocenters. The number of aromatic nitrogens is 2. The van der Waals surface area contributed by atoms with Crippen LogP contribution in [0.15, 0.2) is 24.4 Å². The standard InChI is InChI=1S/C14H19N3/c15-9-8-12-13-7-3-4-10-17(13)14(16-12)11-5-1-2-6-11/h3-4,7,10-11H,1-2,5-6,8-9,15H2. The van der Waals surface area contributed by atoms with E-state index in [1.165, 1.54) is 37.0 Å². The molecule has 0 radical (unpaired) electrons. The van der Waals surface area contributed by atoms with E-state index in [1.807, 2.05) is 0 Å². The summed E-state index contributed by atoms with van der Waals surface area (Å²) >= 11 is 0. The second kappa shape index (κ2) is 4.49. The summed E-state index contributed by atoms with van der Waals surface area (Å²) in [6.07, 6.45) is 8.28. The van der Waals surface area contributed by atoms with Gasteiger partial charge in [-0.05, 0) is 31.5 Å². The molecule has 17 heavy (non-hydrogen) atoms. The zero-order chi connectivity index (χ0) is 11.7. The maximum Gasteiger partial charge on any atom is 0.116 e. The van der Waals surface area contributed by atoms with Crippen LogP contribution in [0.25, 0.3) is 5.52 Å². The molecular weight excluding hydrogens is 210 g/mol. The summed E-state index contributed by atoms with van der Waals surface area (Å²) in [4.78, 5) is 4.84. The Balaban J connectivity index is 2.10. The van der Waals surface area contributed by atoms with Crippen molar-refractivity contribution in [2.75, 3.05) is 6.54 Å². The average molecular weight is 229 g/mol. The maximum atomic E-state index is 5.67. The second-order valence-corrected chi connectivity index (χ2v) is 4.89. The van der Waals surface area contributed by atoms with Gasteiger partial charge in [-0.2, -0.15) is 0 Å². The first-order valence-corrected chi connectivity index (χ1v) is 6.56. The number of pyridine rings is 1. The molecule has 1 aliphatic carbocycles. The molecule has 0 amide bonds. The van der Waals surface area contributed by atoms with Crippen molar-refractivity contribution in [1.82, 2.24) is 9.38 Å². The van der Waals surface area contributed by atoms with Crippen molar-refractivity contribution >= 4 is 5.52 Å². The van der Waals surface area contributed by atoms with Gasteiger partial charge < -0.3 is 10.1 Å². The lowest BCUT2D eigenvalue weighted by Gasteiger charge is -2.07. The Kier molecular flexibility index (Phi) is 2.85. The third-order valence-electron chi connectivity index (χ3n) is 3.75. The Hall–Kier alpha value is -1.35. The molecular formula is C14H19N3. The highest BCUT2D eigenvalue weighted by Gasteiger charge is 2.22. The molecule has 0 aliphatic heterocycles. The van der Waals surface area contributed by atoms with Gasteiger partial charge in [0.25, 0.3) is 0 Å². The van der Waals surface area contributed by atoms with Crippen molar-refractivity contribution in [3.63, 3.8) is 0 Å². The van der Waals surface area contributed by atoms with E-state index in [2.05, 4.69) is 28.8 Å². The van der Waals surface area contributed by atoms with E-state index in [0.717, 1.165) is 12.1 Å². The minimum absolute atomic E-state index is 0.649. The summed E-state index contributed by atoms with van der Waals surface area (Å²) in [6.45, 7) is 0.672. The Labute approximate surface area is 102 Å². The molecule has 2 aromatic rings. The van der Waals surface area contributed by atoms with E-state index < -0.39 is 0 Å². The number of imidazole rings is 1. The maximum absolute atomic E-state index is 5.67. The van der Waals surface area contributed by atoms with Gasteiger partial charge >= 0.3 is 0 Å². The predicted molar refractivity (Wildman–Crippen MR) is 69.2 cm³/mol. The fraction of sp³-hybridized carbons (Fsp3) is 0.500. The molecule has 0 saturated heterocycles. The van der Waals surface area contributed by atoms with Crippen LogP contribution >= 0.6 is 0 Å². The van der Waals surface area contributed by atoms with Gasteiger partial charge in [0.2, 0.25) is 0 Å². The van der Waals surface area contributed by atoms with Crippen molar-refractivity contribution in [2.24, 2.45) is 5.73 Å². The molecule has 3 rings (SSSR count). The summed E-state index contributed by atoms with van der Waals surface area (Å²) in [5, 5.41) is 0. The molecule has 1 fully saturated rings. The van der Waals surface area contributed by atoms with Gasteiger partial charge in [-0.15, -0.1) is 0 Å². The lowest BCUT2D eigenvalue weighted by atomic mass is 10.1. The summed E-state index contributed by atoms with van der Waals surface area (Å²) in [5.41, 5.74) is 8.06. The SMILES string of the molecule is NCCc1nc(C2CCCC2)n2ccccc12. The molecule has 2 heterocycles. The van der Waals surface area contributed by atoms with Gasteiger partial charge in [0.1, 0.15) is 5.82 Å². The largest absolute Gasteiger partial charge is 0.330 e. The molecule has 3 heteroatoms. The Morgan fingerprint density at radius 2 is 2.12 bits per heavy atom. The number of hydrogen-bond acceptors (Lipinski definition) is 2. The van der Waals surface area contributed by atoms with Gasteiger partial charge in [-0.1, -0.05) is 18.9 Å². The molecule has 0 atom stereocenters. The Morgan fingerprint density at radius 1 is 1.29 bits per heavy atom. The predicted octanol–water partition coefficient (Wildman–Crippen LogP) is 2.49. The molecule has 1 saturated carbocycles. The number of rotatable bonds is 3. The second-order valence-electron chi connectivity index (χ2n) is 4.89. The Bertz CT molecular complexity index is 509. The molecule has 2 aromatic heterocycles. The fourth-order valence-electron chi connectivity index (χ4n) is 2.92. The van der Waals surface area contributed by atoms with Gasteiger partial charge in [-0.3, -0.25) is 0 Å². The van der Waals surface area contributed by atoms with Crippen molar-refractivity contribution in [3.05, 3.63) is 35.9 Å².